The van der Waals surface area contributed by atoms with Gasteiger partial charge in [-0.2, -0.15) is 4.31 Å². The van der Waals surface area contributed by atoms with E-state index in [1.165, 1.54) is 16.4 Å². The minimum atomic E-state index is -3.82. The van der Waals surface area contributed by atoms with Crippen LogP contribution in [0.2, 0.25) is 0 Å². The van der Waals surface area contributed by atoms with Crippen LogP contribution in [0.4, 0.5) is 4.39 Å². The third-order valence-electron chi connectivity index (χ3n) is 3.32. The number of halogens is 1. The molecule has 0 atom stereocenters. The zero-order valence-corrected chi connectivity index (χ0v) is 12.5. The van der Waals surface area contributed by atoms with Crippen molar-refractivity contribution in [3.8, 4) is 11.8 Å². The maximum Gasteiger partial charge on any atom is 0.246 e. The number of rotatable bonds is 2. The van der Waals surface area contributed by atoms with Gasteiger partial charge in [-0.3, -0.25) is 0 Å². The lowest BCUT2D eigenvalue weighted by atomic mass is 10.2. The summed E-state index contributed by atoms with van der Waals surface area (Å²) < 4.78 is 40.2. The fourth-order valence-electron chi connectivity index (χ4n) is 2.10. The van der Waals surface area contributed by atoms with E-state index in [1.54, 1.807) is 0 Å². The molecule has 1 aromatic rings. The molecule has 21 heavy (non-hydrogen) atoms. The van der Waals surface area contributed by atoms with Crippen LogP contribution >= 0.6 is 0 Å². The molecule has 0 aromatic heterocycles. The molecule has 1 aliphatic heterocycles. The molecule has 1 aromatic carbocycles. The highest BCUT2D eigenvalue weighted by atomic mass is 32.2. The Morgan fingerprint density at radius 3 is 2.52 bits per heavy atom. The van der Waals surface area contributed by atoms with Gasteiger partial charge < -0.3 is 10.0 Å². The summed E-state index contributed by atoms with van der Waals surface area (Å²) in [6.45, 7) is 1.62. The quantitative estimate of drug-likeness (QED) is 0.787. The number of aliphatic hydroxyl groups is 1. The van der Waals surface area contributed by atoms with Crippen LogP contribution < -0.4 is 0 Å². The monoisotopic (exact) mass is 312 g/mol. The molecule has 2 rings (SSSR count). The predicted molar refractivity (Wildman–Crippen MR) is 76.6 cm³/mol. The molecule has 0 unspecified atom stereocenters. The first kappa shape index (κ1) is 15.9. The highest BCUT2D eigenvalue weighted by Gasteiger charge is 2.29. The number of aliphatic hydroxyl groups excluding tert-OH is 1. The van der Waals surface area contributed by atoms with Gasteiger partial charge in [0.2, 0.25) is 10.0 Å². The van der Waals surface area contributed by atoms with E-state index in [0.717, 1.165) is 6.07 Å². The molecule has 1 saturated heterocycles. The molecule has 7 heteroatoms. The van der Waals surface area contributed by atoms with Gasteiger partial charge in [-0.05, 0) is 25.2 Å². The van der Waals surface area contributed by atoms with Crippen LogP contribution in [0.15, 0.2) is 23.1 Å². The van der Waals surface area contributed by atoms with Crippen molar-refractivity contribution in [1.29, 1.82) is 0 Å². The number of benzene rings is 1. The Labute approximate surface area is 124 Å². The summed E-state index contributed by atoms with van der Waals surface area (Å²) >= 11 is 0. The van der Waals surface area contributed by atoms with E-state index in [9.17, 15) is 12.8 Å². The predicted octanol–water partition coefficient (Wildman–Crippen LogP) is 0.106. The number of hydrogen-bond acceptors (Lipinski definition) is 4. The second kappa shape index (κ2) is 6.54. The number of piperazine rings is 1. The van der Waals surface area contributed by atoms with Crippen LogP contribution in [0.25, 0.3) is 0 Å². The second-order valence-electron chi connectivity index (χ2n) is 4.81. The molecule has 1 heterocycles. The van der Waals surface area contributed by atoms with Gasteiger partial charge in [0.15, 0.2) is 0 Å². The third-order valence-corrected chi connectivity index (χ3v) is 5.26. The van der Waals surface area contributed by atoms with Crippen LogP contribution in [0, 0.1) is 17.7 Å². The molecular weight excluding hydrogens is 295 g/mol. The van der Waals surface area contributed by atoms with Crippen molar-refractivity contribution in [3.63, 3.8) is 0 Å². The van der Waals surface area contributed by atoms with Gasteiger partial charge in [0, 0.05) is 31.7 Å². The molecule has 0 spiro atoms. The van der Waals surface area contributed by atoms with Crippen molar-refractivity contribution < 1.29 is 17.9 Å². The van der Waals surface area contributed by atoms with E-state index < -0.39 is 15.8 Å². The summed E-state index contributed by atoms with van der Waals surface area (Å²) in [4.78, 5) is 1.69. The van der Waals surface area contributed by atoms with E-state index in [0.29, 0.717) is 31.7 Å². The van der Waals surface area contributed by atoms with Gasteiger partial charge in [-0.25, -0.2) is 12.8 Å². The highest BCUT2D eigenvalue weighted by Crippen LogP contribution is 2.21. The standard InChI is InChI=1S/C14H17FN2O3S/c1-16-6-8-17(9-7-16)21(19,20)14-5-4-12(3-2-10-18)11-13(14)15/h4-5,11,18H,6-10H2,1H3. The summed E-state index contributed by atoms with van der Waals surface area (Å²) in [5.41, 5.74) is 0.332. The molecule has 0 radical (unpaired) electrons. The van der Waals surface area contributed by atoms with Gasteiger partial charge in [0.05, 0.1) is 0 Å². The summed E-state index contributed by atoms with van der Waals surface area (Å²) in [5.74, 6) is 4.12. The van der Waals surface area contributed by atoms with E-state index in [1.807, 2.05) is 11.9 Å². The molecular formula is C14H17FN2O3S. The van der Waals surface area contributed by atoms with E-state index in [-0.39, 0.29) is 11.5 Å². The van der Waals surface area contributed by atoms with Crippen LogP contribution in [0.3, 0.4) is 0 Å². The topological polar surface area (TPSA) is 60.9 Å². The second-order valence-corrected chi connectivity index (χ2v) is 6.72. The van der Waals surface area contributed by atoms with Crippen molar-refractivity contribution in [3.05, 3.63) is 29.6 Å². The number of likely N-dealkylation sites (N-methyl/N-ethyl adjacent to an activating group) is 1. The van der Waals surface area contributed by atoms with Crippen LogP contribution in [-0.4, -0.2) is 62.6 Å². The molecule has 1 fully saturated rings. The van der Waals surface area contributed by atoms with Gasteiger partial charge in [-0.1, -0.05) is 11.8 Å². The lowest BCUT2D eigenvalue weighted by Crippen LogP contribution is -2.47. The Morgan fingerprint density at radius 1 is 1.29 bits per heavy atom. The molecule has 0 aliphatic carbocycles. The van der Waals surface area contributed by atoms with Gasteiger partial charge in [-0.15, -0.1) is 0 Å². The average molecular weight is 312 g/mol. The minimum Gasteiger partial charge on any atom is -0.384 e. The smallest absolute Gasteiger partial charge is 0.246 e. The first-order valence-corrected chi connectivity index (χ1v) is 7.97. The highest BCUT2D eigenvalue weighted by molar-refractivity contribution is 7.89. The molecule has 114 valence electrons. The van der Waals surface area contributed by atoms with Crippen molar-refractivity contribution in [1.82, 2.24) is 9.21 Å². The summed E-state index contributed by atoms with van der Waals surface area (Å²) in [7, 11) is -1.90. The lowest BCUT2D eigenvalue weighted by Gasteiger charge is -2.31. The van der Waals surface area contributed by atoms with Crippen LogP contribution in [-0.2, 0) is 10.0 Å². The summed E-state index contributed by atoms with van der Waals surface area (Å²) in [5, 5.41) is 8.60. The fourth-order valence-corrected chi connectivity index (χ4v) is 3.56. The zero-order valence-electron chi connectivity index (χ0n) is 11.7. The van der Waals surface area contributed by atoms with Crippen molar-refractivity contribution in [2.45, 2.75) is 4.90 Å². The Hall–Kier alpha value is -1.46. The maximum atomic E-state index is 14.1. The Morgan fingerprint density at radius 2 is 1.95 bits per heavy atom. The minimum absolute atomic E-state index is 0.330. The number of nitrogens with zero attached hydrogens (tertiary/aromatic N) is 2. The van der Waals surface area contributed by atoms with E-state index >= 15 is 0 Å². The SMILES string of the molecule is CN1CCN(S(=O)(=O)c2ccc(C#CCO)cc2F)CC1. The molecule has 0 amide bonds. The Kier molecular flexibility index (Phi) is 4.96. The number of sulfonamides is 1. The first-order chi connectivity index (χ1) is 9.95. The first-order valence-electron chi connectivity index (χ1n) is 6.53. The number of hydrogen-bond donors (Lipinski definition) is 1. The maximum absolute atomic E-state index is 14.1. The Balaban J connectivity index is 2.28. The molecule has 0 bridgehead atoms. The molecule has 5 nitrogen and oxygen atoms in total. The van der Waals surface area contributed by atoms with E-state index in [2.05, 4.69) is 11.8 Å². The lowest BCUT2D eigenvalue weighted by molar-refractivity contribution is 0.222. The Bertz CT molecular complexity index is 671. The van der Waals surface area contributed by atoms with Crippen LogP contribution in [0.1, 0.15) is 5.56 Å². The summed E-state index contributed by atoms with van der Waals surface area (Å²) in [6.07, 6.45) is 0. The van der Waals surface area contributed by atoms with Gasteiger partial charge >= 0.3 is 0 Å². The van der Waals surface area contributed by atoms with Crippen molar-refractivity contribution >= 4 is 10.0 Å². The van der Waals surface area contributed by atoms with E-state index in [4.69, 9.17) is 5.11 Å². The van der Waals surface area contributed by atoms with Crippen LogP contribution in [0.5, 0.6) is 0 Å². The third kappa shape index (κ3) is 3.60. The van der Waals surface area contributed by atoms with Gasteiger partial charge in [0.25, 0.3) is 0 Å². The van der Waals surface area contributed by atoms with Crippen molar-refractivity contribution in [2.75, 3.05) is 39.8 Å². The van der Waals surface area contributed by atoms with Gasteiger partial charge in [0.1, 0.15) is 17.3 Å². The molecule has 1 N–H and O–H groups in total. The molecule has 1 aliphatic rings. The normalized spacial score (nSPS) is 17.3. The van der Waals surface area contributed by atoms with Crippen molar-refractivity contribution in [2.24, 2.45) is 0 Å². The fraction of sp³-hybridized carbons (Fsp3) is 0.429. The summed E-state index contributed by atoms with van der Waals surface area (Å²) in [6, 6.07) is 3.74. The molecule has 0 saturated carbocycles. The average Bonchev–Trinajstić information content (AvgIpc) is 2.45. The zero-order chi connectivity index (χ0) is 15.5. The largest absolute Gasteiger partial charge is 0.384 e.